The fourth-order valence-corrected chi connectivity index (χ4v) is 4.44. The molecule has 3 rings (SSSR count). The molecular formula is C23H29ClN2O4. The van der Waals surface area contributed by atoms with E-state index < -0.39 is 11.9 Å². The number of nitrogens with one attached hydrogen (secondary N) is 1. The zero-order valence-corrected chi connectivity index (χ0v) is 18.5. The summed E-state index contributed by atoms with van der Waals surface area (Å²) in [5.41, 5.74) is 8.46. The predicted molar refractivity (Wildman–Crippen MR) is 116 cm³/mol. The van der Waals surface area contributed by atoms with E-state index in [0.717, 1.165) is 5.70 Å². The average molecular weight is 433 g/mol. The highest BCUT2D eigenvalue weighted by atomic mass is 35.5. The molecule has 3 N–H and O–H groups in total. The van der Waals surface area contributed by atoms with E-state index >= 15 is 0 Å². The van der Waals surface area contributed by atoms with E-state index in [4.69, 9.17) is 26.8 Å². The normalized spacial score (nSPS) is 20.7. The molecule has 6 nitrogen and oxygen atoms in total. The topological polar surface area (TPSA) is 90.7 Å². The van der Waals surface area contributed by atoms with Crippen LogP contribution < -0.4 is 11.1 Å². The number of carbonyl (C=O) groups is 2. The molecule has 1 aromatic rings. The van der Waals surface area contributed by atoms with Crippen LogP contribution in [0, 0.1) is 5.41 Å². The Labute approximate surface area is 182 Å². The van der Waals surface area contributed by atoms with Gasteiger partial charge in [0.25, 0.3) is 0 Å². The molecule has 0 unspecified atom stereocenters. The van der Waals surface area contributed by atoms with E-state index in [1.165, 1.54) is 0 Å². The van der Waals surface area contributed by atoms with Gasteiger partial charge in [-0.3, -0.25) is 4.79 Å². The maximum atomic E-state index is 13.3. The van der Waals surface area contributed by atoms with Gasteiger partial charge >= 0.3 is 5.97 Å². The van der Waals surface area contributed by atoms with Crippen LogP contribution in [-0.4, -0.2) is 38.1 Å². The van der Waals surface area contributed by atoms with E-state index in [1.807, 2.05) is 18.2 Å². The van der Waals surface area contributed by atoms with Gasteiger partial charge in [0, 0.05) is 35.2 Å². The van der Waals surface area contributed by atoms with Crippen LogP contribution in [0.3, 0.4) is 0 Å². The van der Waals surface area contributed by atoms with Gasteiger partial charge in [0.2, 0.25) is 0 Å². The maximum Gasteiger partial charge on any atom is 0.336 e. The fourth-order valence-electron chi connectivity index (χ4n) is 4.19. The van der Waals surface area contributed by atoms with Crippen molar-refractivity contribution in [2.75, 3.05) is 26.4 Å². The Morgan fingerprint density at radius 3 is 2.70 bits per heavy atom. The Bertz CT molecular complexity index is 904. The van der Waals surface area contributed by atoms with Crippen molar-refractivity contribution in [3.05, 3.63) is 57.4 Å². The highest BCUT2D eigenvalue weighted by Crippen LogP contribution is 2.48. The first-order valence-corrected chi connectivity index (χ1v) is 10.6. The van der Waals surface area contributed by atoms with E-state index in [1.54, 1.807) is 13.0 Å². The first kappa shape index (κ1) is 22.5. The number of dihydropyridines is 1. The molecule has 30 heavy (non-hydrogen) atoms. The number of carbonyl (C=O) groups excluding carboxylic acids is 2. The Morgan fingerprint density at radius 1 is 1.30 bits per heavy atom. The summed E-state index contributed by atoms with van der Waals surface area (Å²) in [5, 5.41) is 3.84. The van der Waals surface area contributed by atoms with Gasteiger partial charge in [0.15, 0.2) is 5.78 Å². The zero-order chi connectivity index (χ0) is 21.9. The van der Waals surface area contributed by atoms with Crippen LogP contribution in [0.15, 0.2) is 46.8 Å². The molecule has 2 aliphatic rings. The summed E-state index contributed by atoms with van der Waals surface area (Å²) in [4.78, 5) is 26.3. The van der Waals surface area contributed by atoms with E-state index in [-0.39, 0.29) is 24.4 Å². The molecule has 1 aliphatic carbocycles. The van der Waals surface area contributed by atoms with Crippen molar-refractivity contribution in [3.8, 4) is 0 Å². The van der Waals surface area contributed by atoms with Gasteiger partial charge in [0.1, 0.15) is 0 Å². The highest BCUT2D eigenvalue weighted by Gasteiger charge is 2.44. The Morgan fingerprint density at radius 2 is 2.03 bits per heavy atom. The lowest BCUT2D eigenvalue weighted by molar-refractivity contribution is -0.139. The van der Waals surface area contributed by atoms with Crippen molar-refractivity contribution >= 4 is 23.4 Å². The monoisotopic (exact) mass is 432 g/mol. The standard InChI is InChI=1S/C23H29ClN2O4/c1-4-30-22(28)21-17(13-29-10-9-25)26-16-11-23(2,3)12-18(27)20(16)19(21)14-7-5-6-8-15(14)24/h5-8,19,26H,4,9-13,25H2,1-3H3/t19-/m1/s1. The molecule has 0 saturated heterocycles. The van der Waals surface area contributed by atoms with Crippen molar-refractivity contribution in [1.82, 2.24) is 5.32 Å². The number of ether oxygens (including phenoxy) is 2. The third-order valence-corrected chi connectivity index (χ3v) is 5.69. The van der Waals surface area contributed by atoms with Gasteiger partial charge in [-0.05, 0) is 30.4 Å². The third kappa shape index (κ3) is 4.61. The minimum absolute atomic E-state index is 0.0161. The molecule has 0 spiro atoms. The summed E-state index contributed by atoms with van der Waals surface area (Å²) in [5.74, 6) is -1.07. The number of hydrogen-bond donors (Lipinski definition) is 2. The summed E-state index contributed by atoms with van der Waals surface area (Å²) < 4.78 is 11.0. The number of rotatable bonds is 7. The summed E-state index contributed by atoms with van der Waals surface area (Å²) in [6, 6.07) is 7.30. The smallest absolute Gasteiger partial charge is 0.336 e. The number of benzene rings is 1. The fraction of sp³-hybridized carbons (Fsp3) is 0.478. The average Bonchev–Trinajstić information content (AvgIpc) is 2.66. The van der Waals surface area contributed by atoms with E-state index in [0.29, 0.717) is 53.4 Å². The largest absolute Gasteiger partial charge is 0.463 e. The molecule has 0 saturated carbocycles. The number of Topliss-reactive ketones (excluding diaryl/α,β-unsaturated/α-hetero) is 1. The Kier molecular flexibility index (Phi) is 7.01. The number of hydrogen-bond acceptors (Lipinski definition) is 6. The van der Waals surface area contributed by atoms with Crippen molar-refractivity contribution in [3.63, 3.8) is 0 Å². The Hall–Kier alpha value is -2.15. The second kappa shape index (κ2) is 9.33. The molecule has 1 aliphatic heterocycles. The highest BCUT2D eigenvalue weighted by molar-refractivity contribution is 6.31. The van der Waals surface area contributed by atoms with Crippen LogP contribution >= 0.6 is 11.6 Å². The first-order chi connectivity index (χ1) is 14.3. The summed E-state index contributed by atoms with van der Waals surface area (Å²) in [6.07, 6.45) is 1.09. The van der Waals surface area contributed by atoms with Crippen LogP contribution in [0.1, 0.15) is 45.1 Å². The zero-order valence-electron chi connectivity index (χ0n) is 17.7. The third-order valence-electron chi connectivity index (χ3n) is 5.34. The number of allylic oxidation sites excluding steroid dienone is 2. The van der Waals surface area contributed by atoms with Crippen molar-refractivity contribution < 1.29 is 19.1 Å². The minimum atomic E-state index is -0.603. The number of nitrogens with two attached hydrogens (primary N) is 1. The lowest BCUT2D eigenvalue weighted by Gasteiger charge is -2.40. The number of halogens is 1. The number of esters is 1. The van der Waals surface area contributed by atoms with Crippen LogP contribution in [0.25, 0.3) is 0 Å². The summed E-state index contributed by atoms with van der Waals surface area (Å²) >= 11 is 6.54. The Balaban J connectivity index is 2.19. The molecule has 0 aromatic heterocycles. The van der Waals surface area contributed by atoms with Gasteiger partial charge in [0.05, 0.1) is 31.1 Å². The quantitative estimate of drug-likeness (QED) is 0.506. The second-order valence-corrected chi connectivity index (χ2v) is 8.77. The van der Waals surface area contributed by atoms with Gasteiger partial charge in [-0.25, -0.2) is 4.79 Å². The molecular weight excluding hydrogens is 404 g/mol. The van der Waals surface area contributed by atoms with E-state index in [2.05, 4.69) is 19.2 Å². The van der Waals surface area contributed by atoms with Crippen LogP contribution in [0.2, 0.25) is 5.02 Å². The van der Waals surface area contributed by atoms with Crippen molar-refractivity contribution in [2.45, 2.75) is 39.5 Å². The molecule has 0 amide bonds. The van der Waals surface area contributed by atoms with Gasteiger partial charge in [-0.2, -0.15) is 0 Å². The molecule has 0 bridgehead atoms. The molecule has 1 aromatic carbocycles. The minimum Gasteiger partial charge on any atom is -0.463 e. The second-order valence-electron chi connectivity index (χ2n) is 8.37. The SMILES string of the molecule is CCOC(=O)C1=C(COCCN)NC2=C(C(=O)CC(C)(C)C2)[C@H]1c1ccccc1Cl. The maximum absolute atomic E-state index is 13.3. The molecule has 1 atom stereocenters. The molecule has 0 fully saturated rings. The first-order valence-electron chi connectivity index (χ1n) is 10.2. The van der Waals surface area contributed by atoms with Gasteiger partial charge < -0.3 is 20.5 Å². The van der Waals surface area contributed by atoms with Crippen molar-refractivity contribution in [2.24, 2.45) is 11.1 Å². The molecule has 1 heterocycles. The van der Waals surface area contributed by atoms with Gasteiger partial charge in [-0.1, -0.05) is 43.6 Å². The molecule has 162 valence electrons. The predicted octanol–water partition coefficient (Wildman–Crippen LogP) is 3.46. The van der Waals surface area contributed by atoms with Crippen LogP contribution in [0.5, 0.6) is 0 Å². The van der Waals surface area contributed by atoms with Crippen LogP contribution in [-0.2, 0) is 19.1 Å². The molecule has 7 heteroatoms. The summed E-state index contributed by atoms with van der Waals surface area (Å²) in [7, 11) is 0. The van der Waals surface area contributed by atoms with Crippen LogP contribution in [0.4, 0.5) is 0 Å². The van der Waals surface area contributed by atoms with Crippen molar-refractivity contribution in [1.29, 1.82) is 0 Å². The molecule has 0 radical (unpaired) electrons. The van der Waals surface area contributed by atoms with Gasteiger partial charge in [-0.15, -0.1) is 0 Å². The van der Waals surface area contributed by atoms with E-state index in [9.17, 15) is 9.59 Å². The lowest BCUT2D eigenvalue weighted by atomic mass is 9.68. The number of ketones is 1. The summed E-state index contributed by atoms with van der Waals surface area (Å²) in [6.45, 7) is 7.00. The lowest BCUT2D eigenvalue weighted by Crippen LogP contribution is -2.40.